The van der Waals surface area contributed by atoms with Gasteiger partial charge in [0, 0.05) is 23.8 Å². The fourth-order valence-corrected chi connectivity index (χ4v) is 2.63. The number of carbonyl (C=O) groups is 1. The van der Waals surface area contributed by atoms with Gasteiger partial charge < -0.3 is 16.2 Å². The molecule has 0 saturated heterocycles. The van der Waals surface area contributed by atoms with Gasteiger partial charge in [0.05, 0.1) is 17.1 Å². The van der Waals surface area contributed by atoms with Gasteiger partial charge in [0.2, 0.25) is 0 Å². The van der Waals surface area contributed by atoms with E-state index in [1.165, 1.54) is 0 Å². The van der Waals surface area contributed by atoms with Crippen LogP contribution in [-0.4, -0.2) is 22.6 Å². The molecule has 1 atom stereocenters. The summed E-state index contributed by atoms with van der Waals surface area (Å²) in [7, 11) is 0. The molecular weight excluding hydrogens is 290 g/mol. The first-order valence-electron chi connectivity index (χ1n) is 7.33. The van der Waals surface area contributed by atoms with E-state index >= 15 is 0 Å². The molecule has 3 rings (SSSR count). The van der Waals surface area contributed by atoms with Crippen molar-refractivity contribution in [1.82, 2.24) is 4.98 Å². The molecule has 0 aliphatic heterocycles. The SMILES string of the molecule is NC[C@@H](Nc1ccnc2c(C(=O)O)cccc12)c1ccccc1. The van der Waals surface area contributed by atoms with Crippen LogP contribution in [0.15, 0.2) is 60.8 Å². The molecule has 1 heterocycles. The van der Waals surface area contributed by atoms with Crippen LogP contribution in [0.2, 0.25) is 0 Å². The molecule has 0 spiro atoms. The first-order valence-corrected chi connectivity index (χ1v) is 7.33. The van der Waals surface area contributed by atoms with Gasteiger partial charge in [-0.25, -0.2) is 4.79 Å². The molecule has 3 aromatic rings. The molecule has 0 amide bonds. The number of aromatic carboxylic acids is 1. The molecule has 4 N–H and O–H groups in total. The van der Waals surface area contributed by atoms with Gasteiger partial charge in [-0.1, -0.05) is 42.5 Å². The van der Waals surface area contributed by atoms with E-state index in [9.17, 15) is 9.90 Å². The van der Waals surface area contributed by atoms with Crippen molar-refractivity contribution in [2.24, 2.45) is 5.73 Å². The van der Waals surface area contributed by atoms with Crippen LogP contribution in [0, 0.1) is 0 Å². The lowest BCUT2D eigenvalue weighted by atomic mass is 10.0. The van der Waals surface area contributed by atoms with E-state index in [0.29, 0.717) is 12.1 Å². The van der Waals surface area contributed by atoms with Gasteiger partial charge in [-0.05, 0) is 17.7 Å². The van der Waals surface area contributed by atoms with E-state index in [1.807, 2.05) is 42.5 Å². The number of carboxylic acids is 1. The Morgan fingerprint density at radius 2 is 1.91 bits per heavy atom. The highest BCUT2D eigenvalue weighted by Crippen LogP contribution is 2.27. The minimum Gasteiger partial charge on any atom is -0.478 e. The lowest BCUT2D eigenvalue weighted by molar-refractivity contribution is 0.0699. The van der Waals surface area contributed by atoms with E-state index in [-0.39, 0.29) is 11.6 Å². The molecule has 0 saturated carbocycles. The summed E-state index contributed by atoms with van der Waals surface area (Å²) in [6.07, 6.45) is 1.61. The zero-order chi connectivity index (χ0) is 16.2. The minimum atomic E-state index is -0.987. The van der Waals surface area contributed by atoms with Gasteiger partial charge in [-0.3, -0.25) is 4.98 Å². The molecule has 1 aromatic heterocycles. The Morgan fingerprint density at radius 3 is 2.61 bits per heavy atom. The summed E-state index contributed by atoms with van der Waals surface area (Å²) in [5.41, 5.74) is 8.45. The third-order valence-corrected chi connectivity index (χ3v) is 3.77. The number of nitrogens with two attached hydrogens (primary N) is 1. The Kier molecular flexibility index (Phi) is 4.21. The summed E-state index contributed by atoms with van der Waals surface area (Å²) in [5, 5.41) is 13.5. The number of rotatable bonds is 5. The van der Waals surface area contributed by atoms with Crippen molar-refractivity contribution in [2.45, 2.75) is 6.04 Å². The Hall–Kier alpha value is -2.92. The smallest absolute Gasteiger partial charge is 0.337 e. The fraction of sp³-hybridized carbons (Fsp3) is 0.111. The standard InChI is InChI=1S/C18H17N3O2/c19-11-16(12-5-2-1-3-6-12)21-15-9-10-20-17-13(15)7-4-8-14(17)18(22)23/h1-10,16H,11,19H2,(H,20,21)(H,22,23)/t16-/m1/s1. The van der Waals surface area contributed by atoms with Crippen molar-refractivity contribution in [1.29, 1.82) is 0 Å². The molecule has 0 fully saturated rings. The second-order valence-corrected chi connectivity index (χ2v) is 5.21. The van der Waals surface area contributed by atoms with E-state index in [1.54, 1.807) is 18.3 Å². The number of fused-ring (bicyclic) bond motifs is 1. The average molecular weight is 307 g/mol. The third-order valence-electron chi connectivity index (χ3n) is 3.77. The zero-order valence-electron chi connectivity index (χ0n) is 12.4. The number of aromatic nitrogens is 1. The number of anilines is 1. The number of carboxylic acid groups (broad SMARTS) is 1. The fourth-order valence-electron chi connectivity index (χ4n) is 2.63. The Balaban J connectivity index is 2.03. The van der Waals surface area contributed by atoms with Crippen LogP contribution in [0.4, 0.5) is 5.69 Å². The minimum absolute atomic E-state index is 0.0599. The molecule has 2 aromatic carbocycles. The summed E-state index contributed by atoms with van der Waals surface area (Å²) >= 11 is 0. The van der Waals surface area contributed by atoms with Crippen molar-refractivity contribution in [3.05, 3.63) is 71.9 Å². The molecule has 0 aliphatic rings. The monoisotopic (exact) mass is 307 g/mol. The molecular formula is C18H17N3O2. The van der Waals surface area contributed by atoms with Crippen molar-refractivity contribution < 1.29 is 9.90 Å². The van der Waals surface area contributed by atoms with Crippen molar-refractivity contribution in [3.63, 3.8) is 0 Å². The molecule has 5 heteroatoms. The quantitative estimate of drug-likeness (QED) is 0.674. The van der Waals surface area contributed by atoms with Gasteiger partial charge >= 0.3 is 5.97 Å². The largest absolute Gasteiger partial charge is 0.478 e. The van der Waals surface area contributed by atoms with Crippen LogP contribution in [0.25, 0.3) is 10.9 Å². The maximum atomic E-state index is 11.3. The maximum absolute atomic E-state index is 11.3. The first-order chi connectivity index (χ1) is 11.2. The van der Waals surface area contributed by atoms with Crippen molar-refractivity contribution in [2.75, 3.05) is 11.9 Å². The highest BCUT2D eigenvalue weighted by Gasteiger charge is 2.14. The van der Waals surface area contributed by atoms with Gasteiger partial charge in [-0.15, -0.1) is 0 Å². The lowest BCUT2D eigenvalue weighted by Crippen LogP contribution is -2.20. The average Bonchev–Trinajstić information content (AvgIpc) is 2.59. The van der Waals surface area contributed by atoms with Crippen LogP contribution in [-0.2, 0) is 0 Å². The summed E-state index contributed by atoms with van der Waals surface area (Å²) in [4.78, 5) is 15.6. The highest BCUT2D eigenvalue weighted by molar-refractivity contribution is 6.05. The highest BCUT2D eigenvalue weighted by atomic mass is 16.4. The number of benzene rings is 2. The number of pyridine rings is 1. The number of hydrogen-bond donors (Lipinski definition) is 3. The number of hydrogen-bond acceptors (Lipinski definition) is 4. The normalized spacial score (nSPS) is 12.0. The van der Waals surface area contributed by atoms with Crippen LogP contribution in [0.1, 0.15) is 22.0 Å². The molecule has 23 heavy (non-hydrogen) atoms. The zero-order valence-corrected chi connectivity index (χ0v) is 12.4. The van der Waals surface area contributed by atoms with E-state index in [4.69, 9.17) is 5.73 Å². The second-order valence-electron chi connectivity index (χ2n) is 5.21. The molecule has 5 nitrogen and oxygen atoms in total. The molecule has 0 radical (unpaired) electrons. The third kappa shape index (κ3) is 3.00. The summed E-state index contributed by atoms with van der Waals surface area (Å²) in [6.45, 7) is 0.423. The predicted octanol–water partition coefficient (Wildman–Crippen LogP) is 3.04. The number of nitrogens with one attached hydrogen (secondary N) is 1. The van der Waals surface area contributed by atoms with E-state index in [2.05, 4.69) is 10.3 Å². The summed E-state index contributed by atoms with van der Waals surface area (Å²) < 4.78 is 0. The van der Waals surface area contributed by atoms with Gasteiger partial charge in [0.1, 0.15) is 0 Å². The van der Waals surface area contributed by atoms with Gasteiger partial charge in [-0.2, -0.15) is 0 Å². The molecule has 0 bridgehead atoms. The summed E-state index contributed by atoms with van der Waals surface area (Å²) in [5.74, 6) is -0.987. The van der Waals surface area contributed by atoms with Crippen LogP contribution < -0.4 is 11.1 Å². The molecule has 116 valence electrons. The summed E-state index contributed by atoms with van der Waals surface area (Å²) in [6, 6.07) is 16.8. The van der Waals surface area contributed by atoms with E-state index < -0.39 is 5.97 Å². The predicted molar refractivity (Wildman–Crippen MR) is 90.6 cm³/mol. The molecule has 0 unspecified atom stereocenters. The lowest BCUT2D eigenvalue weighted by Gasteiger charge is -2.20. The van der Waals surface area contributed by atoms with E-state index in [0.717, 1.165) is 16.6 Å². The van der Waals surface area contributed by atoms with Crippen molar-refractivity contribution in [3.8, 4) is 0 Å². The van der Waals surface area contributed by atoms with Crippen LogP contribution >= 0.6 is 0 Å². The topological polar surface area (TPSA) is 88.2 Å². The second kappa shape index (κ2) is 6.46. The van der Waals surface area contributed by atoms with Crippen LogP contribution in [0.3, 0.4) is 0 Å². The Labute approximate surface area is 133 Å². The number of nitrogens with zero attached hydrogens (tertiary/aromatic N) is 1. The molecule has 0 aliphatic carbocycles. The Morgan fingerprint density at radius 1 is 1.13 bits per heavy atom. The maximum Gasteiger partial charge on any atom is 0.337 e. The Bertz CT molecular complexity index is 834. The van der Waals surface area contributed by atoms with Crippen molar-refractivity contribution >= 4 is 22.6 Å². The number of para-hydroxylation sites is 1. The van der Waals surface area contributed by atoms with Gasteiger partial charge in [0.25, 0.3) is 0 Å². The van der Waals surface area contributed by atoms with Gasteiger partial charge in [0.15, 0.2) is 0 Å². The first kappa shape index (κ1) is 15.0. The van der Waals surface area contributed by atoms with Crippen LogP contribution in [0.5, 0.6) is 0 Å².